The number of nitrogens with one attached hydrogen (secondary N) is 3. The molecule has 1 rings (SSSR count). The van der Waals surface area contributed by atoms with Gasteiger partial charge in [0.15, 0.2) is 0 Å². The van der Waals surface area contributed by atoms with Crippen molar-refractivity contribution < 1.29 is 24.5 Å². The molecule has 30 heavy (non-hydrogen) atoms. The molecule has 5 N–H and O–H groups in total. The minimum absolute atomic E-state index is 0.134. The maximum absolute atomic E-state index is 12.5. The van der Waals surface area contributed by atoms with Crippen molar-refractivity contribution in [2.45, 2.75) is 71.4 Å². The van der Waals surface area contributed by atoms with Gasteiger partial charge in [-0.15, -0.1) is 0 Å². The molecule has 2 amide bonds. The number of amides is 2. The Morgan fingerprint density at radius 3 is 2.30 bits per heavy atom. The van der Waals surface area contributed by atoms with Crippen LogP contribution in [0.1, 0.15) is 46.6 Å². The Morgan fingerprint density at radius 1 is 1.13 bits per heavy atom. The quantitative estimate of drug-likeness (QED) is 0.345. The molecule has 0 aliphatic heterocycles. The molecule has 0 aromatic heterocycles. The largest absolute Gasteiger partial charge is 0.444 e. The van der Waals surface area contributed by atoms with Crippen LogP contribution >= 0.6 is 0 Å². The van der Waals surface area contributed by atoms with E-state index in [2.05, 4.69) is 16.0 Å². The van der Waals surface area contributed by atoms with E-state index in [9.17, 15) is 14.7 Å². The molecular weight excluding hydrogens is 386 g/mol. The van der Waals surface area contributed by atoms with Gasteiger partial charge < -0.3 is 25.6 Å². The first kappa shape index (κ1) is 25.9. The van der Waals surface area contributed by atoms with Gasteiger partial charge in [-0.1, -0.05) is 44.2 Å². The van der Waals surface area contributed by atoms with Crippen LogP contribution in [0, 0.1) is 5.92 Å². The predicted molar refractivity (Wildman–Crippen MR) is 116 cm³/mol. The van der Waals surface area contributed by atoms with E-state index in [1.807, 2.05) is 44.2 Å². The van der Waals surface area contributed by atoms with Crippen LogP contribution in [-0.2, 0) is 16.0 Å². The van der Waals surface area contributed by atoms with Crippen molar-refractivity contribution in [1.29, 1.82) is 0 Å². The first-order valence-electron chi connectivity index (χ1n) is 10.4. The zero-order valence-electron chi connectivity index (χ0n) is 18.6. The van der Waals surface area contributed by atoms with Crippen molar-refractivity contribution in [3.8, 4) is 0 Å². The van der Waals surface area contributed by atoms with Crippen LogP contribution in [0.4, 0.5) is 4.79 Å². The topological polar surface area (TPSA) is 120 Å². The number of hydrogen-bond acceptors (Lipinski definition) is 6. The van der Waals surface area contributed by atoms with Crippen molar-refractivity contribution in [1.82, 2.24) is 16.0 Å². The van der Waals surface area contributed by atoms with Gasteiger partial charge in [0.2, 0.25) is 5.91 Å². The number of aliphatic hydroxyl groups is 2. The molecule has 170 valence electrons. The van der Waals surface area contributed by atoms with Gasteiger partial charge in [-0.2, -0.15) is 0 Å². The van der Waals surface area contributed by atoms with Crippen LogP contribution in [0.3, 0.4) is 0 Å². The number of rotatable bonds is 11. The van der Waals surface area contributed by atoms with Crippen LogP contribution in [0.15, 0.2) is 30.3 Å². The second kappa shape index (κ2) is 12.5. The summed E-state index contributed by atoms with van der Waals surface area (Å²) in [6.45, 7) is 9.20. The van der Waals surface area contributed by atoms with Crippen LogP contribution in [0.25, 0.3) is 0 Å². The predicted octanol–water partition coefficient (Wildman–Crippen LogP) is 1.55. The number of benzene rings is 1. The molecule has 8 nitrogen and oxygen atoms in total. The van der Waals surface area contributed by atoms with Gasteiger partial charge in [0.1, 0.15) is 11.8 Å². The third kappa shape index (κ3) is 10.6. The Bertz CT molecular complexity index is 646. The maximum atomic E-state index is 12.5. The SMILES string of the molecule is CC(C)C[C@@H](NC(O)[C@H](Cc1ccccc1)NC(=O)OC(C)(C)C)C(=O)NCCO. The second-order valence-electron chi connectivity index (χ2n) is 8.75. The average Bonchev–Trinajstić information content (AvgIpc) is 2.64. The minimum Gasteiger partial charge on any atom is -0.444 e. The second-order valence-corrected chi connectivity index (χ2v) is 8.75. The molecule has 1 aromatic carbocycles. The fraction of sp³-hybridized carbons (Fsp3) is 0.636. The molecule has 0 fully saturated rings. The molecular formula is C22H37N3O5. The van der Waals surface area contributed by atoms with Crippen LogP contribution < -0.4 is 16.0 Å². The summed E-state index contributed by atoms with van der Waals surface area (Å²) in [6, 6.07) is 8.05. The van der Waals surface area contributed by atoms with Gasteiger partial charge >= 0.3 is 6.09 Å². The summed E-state index contributed by atoms with van der Waals surface area (Å²) in [5.74, 6) is -0.117. The van der Waals surface area contributed by atoms with Gasteiger partial charge in [0.05, 0.1) is 18.7 Å². The van der Waals surface area contributed by atoms with E-state index in [1.165, 1.54) is 0 Å². The summed E-state index contributed by atoms with van der Waals surface area (Å²) < 4.78 is 5.33. The van der Waals surface area contributed by atoms with Gasteiger partial charge in [-0.05, 0) is 45.1 Å². The van der Waals surface area contributed by atoms with E-state index in [-0.39, 0.29) is 25.0 Å². The molecule has 0 aliphatic rings. The molecule has 3 atom stereocenters. The summed E-state index contributed by atoms with van der Waals surface area (Å²) in [7, 11) is 0. The molecule has 1 unspecified atom stereocenters. The first-order chi connectivity index (χ1) is 14.0. The lowest BCUT2D eigenvalue weighted by atomic mass is 10.0. The highest BCUT2D eigenvalue weighted by Gasteiger charge is 2.29. The van der Waals surface area contributed by atoms with E-state index < -0.39 is 30.0 Å². The molecule has 0 saturated heterocycles. The molecule has 0 bridgehead atoms. The van der Waals surface area contributed by atoms with Gasteiger partial charge in [-0.25, -0.2) is 4.79 Å². The lowest BCUT2D eigenvalue weighted by Crippen LogP contribution is -2.57. The first-order valence-corrected chi connectivity index (χ1v) is 10.4. The van der Waals surface area contributed by atoms with Crippen molar-refractivity contribution >= 4 is 12.0 Å². The van der Waals surface area contributed by atoms with Gasteiger partial charge in [0.25, 0.3) is 0 Å². The highest BCUT2D eigenvalue weighted by molar-refractivity contribution is 5.81. The maximum Gasteiger partial charge on any atom is 0.408 e. The molecule has 0 radical (unpaired) electrons. The number of carbonyl (C=O) groups excluding carboxylic acids is 2. The minimum atomic E-state index is -1.19. The molecule has 1 aromatic rings. The lowest BCUT2D eigenvalue weighted by Gasteiger charge is -2.30. The Balaban J connectivity index is 2.95. The van der Waals surface area contributed by atoms with Gasteiger partial charge in [-0.3, -0.25) is 10.1 Å². The fourth-order valence-corrected chi connectivity index (χ4v) is 2.92. The number of aliphatic hydroxyl groups excluding tert-OH is 2. The molecule has 0 saturated carbocycles. The summed E-state index contributed by atoms with van der Waals surface area (Å²) in [5.41, 5.74) is 0.244. The summed E-state index contributed by atoms with van der Waals surface area (Å²) >= 11 is 0. The average molecular weight is 424 g/mol. The zero-order chi connectivity index (χ0) is 22.7. The number of alkyl carbamates (subject to hydrolysis) is 1. The standard InChI is InChI=1S/C22H37N3O5/c1-15(2)13-17(19(27)23-11-12-26)24-20(28)18(14-16-9-7-6-8-10-16)25-21(29)30-22(3,4)5/h6-10,15,17-18,20,24,26,28H,11-14H2,1-5H3,(H,23,27)(H,25,29)/t17-,18+,20?/m1/s1. The van der Waals surface area contributed by atoms with Crippen molar-refractivity contribution in [3.05, 3.63) is 35.9 Å². The van der Waals surface area contributed by atoms with E-state index in [1.54, 1.807) is 20.8 Å². The van der Waals surface area contributed by atoms with E-state index in [0.717, 1.165) is 5.56 Å². The summed E-state index contributed by atoms with van der Waals surface area (Å²) in [6.07, 6.45) is -1.00. The molecule has 0 aliphatic carbocycles. The van der Waals surface area contributed by atoms with E-state index in [0.29, 0.717) is 12.8 Å². The van der Waals surface area contributed by atoms with Gasteiger partial charge in [0, 0.05) is 6.54 Å². The monoisotopic (exact) mass is 423 g/mol. The molecule has 0 spiro atoms. The highest BCUT2D eigenvalue weighted by Crippen LogP contribution is 2.12. The number of hydrogen-bond donors (Lipinski definition) is 5. The lowest BCUT2D eigenvalue weighted by molar-refractivity contribution is -0.124. The molecule has 0 heterocycles. The van der Waals surface area contributed by atoms with Crippen molar-refractivity contribution in [2.75, 3.05) is 13.2 Å². The highest BCUT2D eigenvalue weighted by atomic mass is 16.6. The Morgan fingerprint density at radius 2 is 1.77 bits per heavy atom. The number of carbonyl (C=O) groups is 2. The van der Waals surface area contributed by atoms with Crippen LogP contribution in [0.5, 0.6) is 0 Å². The molecule has 8 heteroatoms. The Kier molecular flexibility index (Phi) is 10.8. The van der Waals surface area contributed by atoms with Crippen LogP contribution in [0.2, 0.25) is 0 Å². The zero-order valence-corrected chi connectivity index (χ0v) is 18.6. The normalized spacial score (nSPS) is 14.7. The summed E-state index contributed by atoms with van der Waals surface area (Å²) in [4.78, 5) is 24.8. The van der Waals surface area contributed by atoms with Crippen molar-refractivity contribution in [3.63, 3.8) is 0 Å². The van der Waals surface area contributed by atoms with Crippen LogP contribution in [-0.4, -0.2) is 59.3 Å². The fourth-order valence-electron chi connectivity index (χ4n) is 2.92. The van der Waals surface area contributed by atoms with E-state index in [4.69, 9.17) is 9.84 Å². The van der Waals surface area contributed by atoms with E-state index >= 15 is 0 Å². The Labute approximate surface area is 179 Å². The Hall–Kier alpha value is -2.16. The van der Waals surface area contributed by atoms with Crippen molar-refractivity contribution in [2.24, 2.45) is 5.92 Å². The third-order valence-corrected chi connectivity index (χ3v) is 4.19. The third-order valence-electron chi connectivity index (χ3n) is 4.19. The smallest absolute Gasteiger partial charge is 0.408 e. The summed E-state index contributed by atoms with van der Waals surface area (Å²) in [5, 5.41) is 28.1. The number of ether oxygens (including phenoxy) is 1.